The van der Waals surface area contributed by atoms with E-state index in [0.717, 1.165) is 35.5 Å². The van der Waals surface area contributed by atoms with Crippen LogP contribution in [0.25, 0.3) is 0 Å². The largest absolute Gasteiger partial charge is 0.322 e. The van der Waals surface area contributed by atoms with E-state index >= 15 is 0 Å². The standard InChI is InChI=1S/C18H22N2O/c1-4-19-12-15-8-10-16(11-9-15)20-18(21)17-13(2)6-5-7-14(17)3/h5-11,19H,4,12H2,1-3H3,(H,20,21). The number of rotatable bonds is 5. The maximum absolute atomic E-state index is 12.4. The lowest BCUT2D eigenvalue weighted by Gasteiger charge is -2.11. The molecule has 0 aromatic heterocycles. The third kappa shape index (κ3) is 3.92. The molecule has 0 unspecified atom stereocenters. The Labute approximate surface area is 126 Å². The monoisotopic (exact) mass is 282 g/mol. The van der Waals surface area contributed by atoms with Gasteiger partial charge in [-0.2, -0.15) is 0 Å². The summed E-state index contributed by atoms with van der Waals surface area (Å²) in [5, 5.41) is 6.24. The van der Waals surface area contributed by atoms with Crippen LogP contribution in [0.1, 0.15) is 34.0 Å². The first-order valence-corrected chi connectivity index (χ1v) is 7.29. The summed E-state index contributed by atoms with van der Waals surface area (Å²) in [5.41, 5.74) is 4.78. The predicted molar refractivity (Wildman–Crippen MR) is 87.7 cm³/mol. The van der Waals surface area contributed by atoms with E-state index < -0.39 is 0 Å². The van der Waals surface area contributed by atoms with E-state index in [0.29, 0.717) is 0 Å². The zero-order valence-corrected chi connectivity index (χ0v) is 12.9. The summed E-state index contributed by atoms with van der Waals surface area (Å²) in [6, 6.07) is 13.8. The zero-order chi connectivity index (χ0) is 15.2. The van der Waals surface area contributed by atoms with Crippen LogP contribution in [-0.4, -0.2) is 12.5 Å². The van der Waals surface area contributed by atoms with Crippen molar-refractivity contribution in [1.82, 2.24) is 5.32 Å². The molecule has 0 bridgehead atoms. The summed E-state index contributed by atoms with van der Waals surface area (Å²) in [7, 11) is 0. The maximum Gasteiger partial charge on any atom is 0.256 e. The van der Waals surface area contributed by atoms with Gasteiger partial charge in [0.25, 0.3) is 5.91 Å². The van der Waals surface area contributed by atoms with Crippen molar-refractivity contribution >= 4 is 11.6 Å². The highest BCUT2D eigenvalue weighted by Gasteiger charge is 2.11. The number of hydrogen-bond donors (Lipinski definition) is 2. The van der Waals surface area contributed by atoms with Crippen LogP contribution in [0.15, 0.2) is 42.5 Å². The van der Waals surface area contributed by atoms with Gasteiger partial charge in [0, 0.05) is 17.8 Å². The normalized spacial score (nSPS) is 10.4. The van der Waals surface area contributed by atoms with Crippen LogP contribution in [0.5, 0.6) is 0 Å². The molecule has 0 fully saturated rings. The predicted octanol–water partition coefficient (Wildman–Crippen LogP) is 3.67. The quantitative estimate of drug-likeness (QED) is 0.878. The molecule has 1 amide bonds. The van der Waals surface area contributed by atoms with Crippen molar-refractivity contribution in [3.63, 3.8) is 0 Å². The lowest BCUT2D eigenvalue weighted by atomic mass is 10.0. The van der Waals surface area contributed by atoms with Gasteiger partial charge >= 0.3 is 0 Å². The number of nitrogens with one attached hydrogen (secondary N) is 2. The second-order valence-electron chi connectivity index (χ2n) is 5.20. The minimum atomic E-state index is -0.0509. The number of carbonyl (C=O) groups excluding carboxylic acids is 1. The van der Waals surface area contributed by atoms with E-state index in [1.54, 1.807) is 0 Å². The summed E-state index contributed by atoms with van der Waals surface area (Å²) >= 11 is 0. The highest BCUT2D eigenvalue weighted by atomic mass is 16.1. The molecule has 0 radical (unpaired) electrons. The molecule has 2 rings (SSSR count). The Morgan fingerprint density at radius 3 is 2.19 bits per heavy atom. The van der Waals surface area contributed by atoms with Crippen LogP contribution >= 0.6 is 0 Å². The Balaban J connectivity index is 2.09. The Hall–Kier alpha value is -2.13. The third-order valence-electron chi connectivity index (χ3n) is 3.50. The average molecular weight is 282 g/mol. The summed E-state index contributed by atoms with van der Waals surface area (Å²) in [5.74, 6) is -0.0509. The molecule has 3 nitrogen and oxygen atoms in total. The van der Waals surface area contributed by atoms with Gasteiger partial charge in [0.2, 0.25) is 0 Å². The van der Waals surface area contributed by atoms with Gasteiger partial charge in [-0.1, -0.05) is 37.3 Å². The lowest BCUT2D eigenvalue weighted by molar-refractivity contribution is 0.102. The minimum absolute atomic E-state index is 0.0509. The van der Waals surface area contributed by atoms with Crippen molar-refractivity contribution in [2.45, 2.75) is 27.3 Å². The zero-order valence-electron chi connectivity index (χ0n) is 12.9. The molecule has 0 aliphatic rings. The van der Waals surface area contributed by atoms with Crippen molar-refractivity contribution in [3.8, 4) is 0 Å². The second kappa shape index (κ2) is 7.04. The van der Waals surface area contributed by atoms with Gasteiger partial charge in [-0.15, -0.1) is 0 Å². The van der Waals surface area contributed by atoms with Gasteiger partial charge < -0.3 is 10.6 Å². The molecule has 0 saturated carbocycles. The Kier molecular flexibility index (Phi) is 5.12. The van der Waals surface area contributed by atoms with Gasteiger partial charge in [-0.3, -0.25) is 4.79 Å². The van der Waals surface area contributed by atoms with Crippen molar-refractivity contribution in [2.75, 3.05) is 11.9 Å². The van der Waals surface area contributed by atoms with E-state index in [1.165, 1.54) is 5.56 Å². The first-order chi connectivity index (χ1) is 10.1. The van der Waals surface area contributed by atoms with Crippen LogP contribution in [0.3, 0.4) is 0 Å². The molecule has 2 aromatic carbocycles. The first-order valence-electron chi connectivity index (χ1n) is 7.29. The third-order valence-corrected chi connectivity index (χ3v) is 3.50. The molecule has 0 aliphatic heterocycles. The molecular weight excluding hydrogens is 260 g/mol. The van der Waals surface area contributed by atoms with Crippen molar-refractivity contribution in [2.24, 2.45) is 0 Å². The molecule has 2 N–H and O–H groups in total. The van der Waals surface area contributed by atoms with Crippen molar-refractivity contribution in [1.29, 1.82) is 0 Å². The van der Waals surface area contributed by atoms with Crippen molar-refractivity contribution < 1.29 is 4.79 Å². The fraction of sp³-hybridized carbons (Fsp3) is 0.278. The summed E-state index contributed by atoms with van der Waals surface area (Å²) in [6.45, 7) is 7.80. The Bertz CT molecular complexity index is 597. The van der Waals surface area contributed by atoms with Gasteiger partial charge in [0.15, 0.2) is 0 Å². The molecule has 0 saturated heterocycles. The average Bonchev–Trinajstić information content (AvgIpc) is 2.46. The molecule has 2 aromatic rings. The summed E-state index contributed by atoms with van der Waals surface area (Å²) in [6.07, 6.45) is 0. The maximum atomic E-state index is 12.4. The summed E-state index contributed by atoms with van der Waals surface area (Å²) < 4.78 is 0. The van der Waals surface area contributed by atoms with Crippen LogP contribution < -0.4 is 10.6 Å². The molecule has 0 spiro atoms. The van der Waals surface area contributed by atoms with Gasteiger partial charge in [0.1, 0.15) is 0 Å². The van der Waals surface area contributed by atoms with E-state index in [9.17, 15) is 4.79 Å². The van der Waals surface area contributed by atoms with E-state index in [1.807, 2.05) is 56.3 Å². The van der Waals surface area contributed by atoms with E-state index in [2.05, 4.69) is 17.6 Å². The summed E-state index contributed by atoms with van der Waals surface area (Å²) in [4.78, 5) is 12.4. The molecule has 0 aliphatic carbocycles. The fourth-order valence-corrected chi connectivity index (χ4v) is 2.34. The topological polar surface area (TPSA) is 41.1 Å². The van der Waals surface area contributed by atoms with Crippen LogP contribution in [0.2, 0.25) is 0 Å². The highest BCUT2D eigenvalue weighted by Crippen LogP contribution is 2.16. The number of carbonyl (C=O) groups is 1. The smallest absolute Gasteiger partial charge is 0.256 e. The molecular formula is C18H22N2O. The molecule has 0 heterocycles. The highest BCUT2D eigenvalue weighted by molar-refractivity contribution is 6.06. The van der Waals surface area contributed by atoms with Crippen LogP contribution in [-0.2, 0) is 6.54 Å². The van der Waals surface area contributed by atoms with Crippen LogP contribution in [0.4, 0.5) is 5.69 Å². The van der Waals surface area contributed by atoms with Gasteiger partial charge in [-0.05, 0) is 49.2 Å². The SMILES string of the molecule is CCNCc1ccc(NC(=O)c2c(C)cccc2C)cc1. The van der Waals surface area contributed by atoms with Crippen LogP contribution in [0, 0.1) is 13.8 Å². The number of hydrogen-bond acceptors (Lipinski definition) is 2. The number of amides is 1. The fourth-order valence-electron chi connectivity index (χ4n) is 2.34. The molecule has 110 valence electrons. The van der Waals surface area contributed by atoms with Crippen molar-refractivity contribution in [3.05, 3.63) is 64.7 Å². The minimum Gasteiger partial charge on any atom is -0.322 e. The van der Waals surface area contributed by atoms with Gasteiger partial charge in [-0.25, -0.2) is 0 Å². The molecule has 3 heteroatoms. The number of aryl methyl sites for hydroxylation is 2. The van der Waals surface area contributed by atoms with E-state index in [4.69, 9.17) is 0 Å². The second-order valence-corrected chi connectivity index (χ2v) is 5.20. The number of benzene rings is 2. The van der Waals surface area contributed by atoms with E-state index in [-0.39, 0.29) is 5.91 Å². The molecule has 0 atom stereocenters. The molecule has 21 heavy (non-hydrogen) atoms. The lowest BCUT2D eigenvalue weighted by Crippen LogP contribution is -2.15. The van der Waals surface area contributed by atoms with Gasteiger partial charge in [0.05, 0.1) is 0 Å². The first kappa shape index (κ1) is 15.3. The Morgan fingerprint density at radius 2 is 1.62 bits per heavy atom. The number of anilines is 1. The Morgan fingerprint density at radius 1 is 1.00 bits per heavy atom.